The van der Waals surface area contributed by atoms with Crippen molar-refractivity contribution in [3.63, 3.8) is 0 Å². The van der Waals surface area contributed by atoms with Gasteiger partial charge in [-0.3, -0.25) is 9.59 Å². The van der Waals surface area contributed by atoms with Crippen molar-refractivity contribution in [1.29, 1.82) is 0 Å². The molecule has 6 nitrogen and oxygen atoms in total. The lowest BCUT2D eigenvalue weighted by Gasteiger charge is -2.07. The van der Waals surface area contributed by atoms with E-state index >= 15 is 0 Å². The number of ether oxygens (including phenoxy) is 1. The molecule has 0 fully saturated rings. The third kappa shape index (κ3) is 4.92. The second-order valence-corrected chi connectivity index (χ2v) is 8.77. The lowest BCUT2D eigenvalue weighted by atomic mass is 10.1. The maximum Gasteiger partial charge on any atom is 0.232 e. The minimum absolute atomic E-state index is 0.0843. The number of nitrogens with zero attached hydrogens (tertiary/aromatic N) is 2. The minimum atomic E-state index is -0.233. The number of carbonyl (C=O) groups is 2. The number of hydrogen-bond acceptors (Lipinski definition) is 7. The zero-order valence-electron chi connectivity index (χ0n) is 17.6. The molecule has 2 aromatic carbocycles. The van der Waals surface area contributed by atoms with Gasteiger partial charge in [-0.1, -0.05) is 53.8 Å². The molecule has 32 heavy (non-hydrogen) atoms. The molecule has 0 radical (unpaired) electrons. The highest BCUT2D eigenvalue weighted by atomic mass is 32.1. The van der Waals surface area contributed by atoms with Crippen LogP contribution in [-0.4, -0.2) is 28.3 Å². The van der Waals surface area contributed by atoms with Gasteiger partial charge in [0.25, 0.3) is 0 Å². The molecule has 0 aliphatic carbocycles. The van der Waals surface area contributed by atoms with Crippen molar-refractivity contribution in [1.82, 2.24) is 9.97 Å². The number of ketones is 1. The Balaban J connectivity index is 1.49. The molecular weight excluding hydrogens is 442 g/mol. The van der Waals surface area contributed by atoms with E-state index in [0.717, 1.165) is 21.9 Å². The van der Waals surface area contributed by atoms with Crippen LogP contribution in [0.15, 0.2) is 60.0 Å². The van der Waals surface area contributed by atoms with E-state index in [1.54, 1.807) is 0 Å². The molecule has 1 amide bonds. The zero-order valence-corrected chi connectivity index (χ0v) is 19.3. The summed E-state index contributed by atoms with van der Waals surface area (Å²) in [6, 6.07) is 17.2. The summed E-state index contributed by atoms with van der Waals surface area (Å²) in [6.45, 7) is 4.01. The normalized spacial score (nSPS) is 10.7. The van der Waals surface area contributed by atoms with Crippen LogP contribution in [0.25, 0.3) is 21.8 Å². The number of hydrogen-bond donors (Lipinski definition) is 1. The molecule has 0 unspecified atom stereocenters. The Morgan fingerprint density at radius 1 is 1.03 bits per heavy atom. The largest absolute Gasteiger partial charge is 0.493 e. The topological polar surface area (TPSA) is 81.2 Å². The number of amides is 1. The van der Waals surface area contributed by atoms with Crippen molar-refractivity contribution < 1.29 is 14.3 Å². The highest BCUT2D eigenvalue weighted by molar-refractivity contribution is 7.18. The van der Waals surface area contributed by atoms with Crippen molar-refractivity contribution >= 4 is 39.5 Å². The van der Waals surface area contributed by atoms with Gasteiger partial charge in [-0.05, 0) is 19.1 Å². The molecule has 0 saturated carbocycles. The fourth-order valence-electron chi connectivity index (χ4n) is 3.17. The third-order valence-electron chi connectivity index (χ3n) is 4.55. The van der Waals surface area contributed by atoms with Crippen molar-refractivity contribution in [2.24, 2.45) is 0 Å². The number of thiazole rings is 2. The molecule has 2 aromatic heterocycles. The van der Waals surface area contributed by atoms with Gasteiger partial charge < -0.3 is 10.1 Å². The molecule has 0 aliphatic rings. The SMILES string of the molecule is CCOc1ccccc1-c1nc(CC(=O)Nc2nc(-c3ccccc3)c(C(C)=O)s2)cs1. The van der Waals surface area contributed by atoms with Crippen molar-refractivity contribution in [2.75, 3.05) is 11.9 Å². The smallest absolute Gasteiger partial charge is 0.232 e. The van der Waals surface area contributed by atoms with Crippen LogP contribution in [0.4, 0.5) is 5.13 Å². The van der Waals surface area contributed by atoms with Crippen LogP contribution in [0, 0.1) is 0 Å². The summed E-state index contributed by atoms with van der Waals surface area (Å²) in [5.74, 6) is 0.454. The molecule has 0 bridgehead atoms. The van der Waals surface area contributed by atoms with E-state index < -0.39 is 0 Å². The molecule has 0 atom stereocenters. The molecule has 8 heteroatoms. The third-order valence-corrected chi connectivity index (χ3v) is 6.55. The monoisotopic (exact) mass is 463 g/mol. The number of nitrogens with one attached hydrogen (secondary N) is 1. The Labute approximate surface area is 193 Å². The van der Waals surface area contributed by atoms with Crippen molar-refractivity contribution in [2.45, 2.75) is 20.3 Å². The average Bonchev–Trinajstić information content (AvgIpc) is 3.42. The van der Waals surface area contributed by atoms with E-state index in [9.17, 15) is 9.59 Å². The summed E-state index contributed by atoms with van der Waals surface area (Å²) in [5, 5.41) is 5.89. The second kappa shape index (κ2) is 9.84. The van der Waals surface area contributed by atoms with E-state index in [0.29, 0.717) is 28.0 Å². The van der Waals surface area contributed by atoms with Crippen LogP contribution in [0.1, 0.15) is 29.2 Å². The lowest BCUT2D eigenvalue weighted by Crippen LogP contribution is -2.14. The number of rotatable bonds is 8. The lowest BCUT2D eigenvalue weighted by molar-refractivity contribution is -0.115. The highest BCUT2D eigenvalue weighted by Gasteiger charge is 2.19. The first kappa shape index (κ1) is 21.9. The maximum absolute atomic E-state index is 12.6. The van der Waals surface area contributed by atoms with Crippen molar-refractivity contribution in [3.05, 3.63) is 70.5 Å². The van der Waals surface area contributed by atoms with Crippen LogP contribution < -0.4 is 10.1 Å². The highest BCUT2D eigenvalue weighted by Crippen LogP contribution is 2.33. The van der Waals surface area contributed by atoms with Crippen molar-refractivity contribution in [3.8, 4) is 27.6 Å². The summed E-state index contributed by atoms with van der Waals surface area (Å²) in [5.41, 5.74) is 3.00. The molecule has 4 aromatic rings. The van der Waals surface area contributed by atoms with E-state index in [-0.39, 0.29) is 18.1 Å². The van der Waals surface area contributed by atoms with Crippen LogP contribution in [0.2, 0.25) is 0 Å². The fraction of sp³-hybridized carbons (Fsp3) is 0.167. The van der Waals surface area contributed by atoms with E-state index in [1.165, 1.54) is 29.6 Å². The first-order valence-electron chi connectivity index (χ1n) is 10.1. The van der Waals surface area contributed by atoms with Crippen LogP contribution >= 0.6 is 22.7 Å². The summed E-state index contributed by atoms with van der Waals surface area (Å²) >= 11 is 2.65. The summed E-state index contributed by atoms with van der Waals surface area (Å²) in [6.07, 6.45) is 0.114. The van der Waals surface area contributed by atoms with Gasteiger partial charge >= 0.3 is 0 Å². The van der Waals surface area contributed by atoms with Gasteiger partial charge in [-0.2, -0.15) is 0 Å². The Morgan fingerprint density at radius 3 is 2.53 bits per heavy atom. The predicted molar refractivity (Wildman–Crippen MR) is 129 cm³/mol. The quantitative estimate of drug-likeness (QED) is 0.338. The van der Waals surface area contributed by atoms with Gasteiger partial charge in [-0.25, -0.2) is 9.97 Å². The summed E-state index contributed by atoms with van der Waals surface area (Å²) in [4.78, 5) is 34.3. The number of carbonyl (C=O) groups excluding carboxylic acids is 2. The standard InChI is InChI=1S/C24H21N3O3S2/c1-3-30-19-12-8-7-11-18(19)23-25-17(14-31-23)13-20(29)26-24-27-21(22(32-24)15(2)28)16-9-5-4-6-10-16/h4-12,14H,3,13H2,1-2H3,(H,26,27,29). The van der Waals surface area contributed by atoms with E-state index in [1.807, 2.05) is 66.9 Å². The first-order valence-corrected chi connectivity index (χ1v) is 11.8. The Bertz CT molecular complexity index is 1250. The number of Topliss-reactive ketones (excluding diaryl/α,β-unsaturated/α-hetero) is 1. The fourth-order valence-corrected chi connectivity index (χ4v) is 4.92. The van der Waals surface area contributed by atoms with Crippen LogP contribution in [0.3, 0.4) is 0 Å². The Hall–Kier alpha value is -3.36. The molecular formula is C24H21N3O3S2. The van der Waals surface area contributed by atoms with Crippen LogP contribution in [-0.2, 0) is 11.2 Å². The molecule has 1 N–H and O–H groups in total. The minimum Gasteiger partial charge on any atom is -0.493 e. The zero-order chi connectivity index (χ0) is 22.5. The molecule has 0 saturated heterocycles. The maximum atomic E-state index is 12.6. The summed E-state index contributed by atoms with van der Waals surface area (Å²) < 4.78 is 5.68. The van der Waals surface area contributed by atoms with Crippen LogP contribution in [0.5, 0.6) is 5.75 Å². The molecule has 162 valence electrons. The van der Waals surface area contributed by atoms with Gasteiger partial charge in [-0.15, -0.1) is 11.3 Å². The number of anilines is 1. The van der Waals surface area contributed by atoms with E-state index in [2.05, 4.69) is 15.3 Å². The summed E-state index contributed by atoms with van der Waals surface area (Å²) in [7, 11) is 0. The molecule has 4 rings (SSSR count). The number of benzene rings is 2. The van der Waals surface area contributed by atoms with Gasteiger partial charge in [0, 0.05) is 17.9 Å². The first-order chi connectivity index (χ1) is 15.5. The molecule has 0 spiro atoms. The van der Waals surface area contributed by atoms with Gasteiger partial charge in [0.1, 0.15) is 10.8 Å². The molecule has 2 heterocycles. The number of para-hydroxylation sites is 1. The van der Waals surface area contributed by atoms with Gasteiger partial charge in [0.05, 0.1) is 34.9 Å². The Kier molecular flexibility index (Phi) is 6.72. The predicted octanol–water partition coefficient (Wildman–Crippen LogP) is 5.72. The Morgan fingerprint density at radius 2 is 1.78 bits per heavy atom. The second-order valence-electron chi connectivity index (χ2n) is 6.92. The van der Waals surface area contributed by atoms with Gasteiger partial charge in [0.2, 0.25) is 5.91 Å². The number of aromatic nitrogens is 2. The average molecular weight is 464 g/mol. The van der Waals surface area contributed by atoms with Gasteiger partial charge in [0.15, 0.2) is 10.9 Å². The molecule has 0 aliphatic heterocycles. The van der Waals surface area contributed by atoms with E-state index in [4.69, 9.17) is 4.74 Å².